The van der Waals surface area contributed by atoms with Crippen molar-refractivity contribution in [3.8, 4) is 27.9 Å². The predicted octanol–water partition coefficient (Wildman–Crippen LogP) is 5.66. The van der Waals surface area contributed by atoms with Gasteiger partial charge in [0.1, 0.15) is 12.4 Å². The van der Waals surface area contributed by atoms with E-state index in [9.17, 15) is 0 Å². The second-order valence-corrected chi connectivity index (χ2v) is 7.11. The second kappa shape index (κ2) is 7.14. The Kier molecular flexibility index (Phi) is 4.54. The van der Waals surface area contributed by atoms with Crippen molar-refractivity contribution in [3.63, 3.8) is 0 Å². The third kappa shape index (κ3) is 3.53. The molecule has 4 nitrogen and oxygen atoms in total. The topological polar surface area (TPSA) is 48.2 Å². The molecule has 0 aliphatic heterocycles. The SMILES string of the molecule is Cc1ccc(OCc2cccc(-c3nc(-c4cccs4)no3)c2)c(C)c1. The Bertz CT molecular complexity index is 1020. The second-order valence-electron chi connectivity index (χ2n) is 6.16. The average Bonchev–Trinajstić information content (AvgIpc) is 3.33. The van der Waals surface area contributed by atoms with Crippen LogP contribution in [0.5, 0.6) is 5.75 Å². The molecule has 0 bridgehead atoms. The summed E-state index contributed by atoms with van der Waals surface area (Å²) in [6, 6.07) is 18.1. The van der Waals surface area contributed by atoms with Crippen LogP contribution < -0.4 is 4.74 Å². The standard InChI is InChI=1S/C21H18N2O2S/c1-14-8-9-18(15(2)11-14)24-13-16-5-3-6-17(12-16)21-22-20(23-25-21)19-7-4-10-26-19/h3-12H,13H2,1-2H3. The molecule has 2 heterocycles. The van der Waals surface area contributed by atoms with Crippen LogP contribution in [0.3, 0.4) is 0 Å². The fourth-order valence-electron chi connectivity index (χ4n) is 2.76. The zero-order chi connectivity index (χ0) is 17.9. The highest BCUT2D eigenvalue weighted by molar-refractivity contribution is 7.13. The van der Waals surface area contributed by atoms with E-state index >= 15 is 0 Å². The minimum absolute atomic E-state index is 0.490. The number of aryl methyl sites for hydroxylation is 2. The molecule has 4 rings (SSSR count). The molecule has 2 aromatic carbocycles. The lowest BCUT2D eigenvalue weighted by molar-refractivity contribution is 0.304. The first-order chi connectivity index (χ1) is 12.7. The smallest absolute Gasteiger partial charge is 0.258 e. The molecule has 130 valence electrons. The first kappa shape index (κ1) is 16.5. The Balaban J connectivity index is 1.51. The van der Waals surface area contributed by atoms with Gasteiger partial charge in [-0.05, 0) is 54.6 Å². The van der Waals surface area contributed by atoms with Crippen molar-refractivity contribution in [2.45, 2.75) is 20.5 Å². The summed E-state index contributed by atoms with van der Waals surface area (Å²) in [6.07, 6.45) is 0. The Morgan fingerprint density at radius 2 is 1.96 bits per heavy atom. The minimum atomic E-state index is 0.490. The number of rotatable bonds is 5. The van der Waals surface area contributed by atoms with Gasteiger partial charge < -0.3 is 9.26 Å². The van der Waals surface area contributed by atoms with Crippen molar-refractivity contribution in [2.75, 3.05) is 0 Å². The number of hydrogen-bond donors (Lipinski definition) is 0. The monoisotopic (exact) mass is 362 g/mol. The van der Waals surface area contributed by atoms with Gasteiger partial charge in [-0.3, -0.25) is 0 Å². The van der Waals surface area contributed by atoms with E-state index in [1.165, 1.54) is 5.56 Å². The maximum absolute atomic E-state index is 5.97. The number of hydrogen-bond acceptors (Lipinski definition) is 5. The van der Waals surface area contributed by atoms with Gasteiger partial charge in [-0.1, -0.05) is 41.1 Å². The zero-order valence-electron chi connectivity index (χ0n) is 14.6. The normalized spacial score (nSPS) is 10.8. The Hall–Kier alpha value is -2.92. The van der Waals surface area contributed by atoms with Crippen molar-refractivity contribution in [2.24, 2.45) is 0 Å². The average molecular weight is 362 g/mol. The molecular formula is C21H18N2O2S. The van der Waals surface area contributed by atoms with E-state index in [1.54, 1.807) is 11.3 Å². The van der Waals surface area contributed by atoms with Gasteiger partial charge in [-0.15, -0.1) is 11.3 Å². The van der Waals surface area contributed by atoms with Gasteiger partial charge in [0.15, 0.2) is 0 Å². The number of aromatic nitrogens is 2. The Morgan fingerprint density at radius 3 is 2.77 bits per heavy atom. The summed E-state index contributed by atoms with van der Waals surface area (Å²) in [6.45, 7) is 4.63. The van der Waals surface area contributed by atoms with Crippen molar-refractivity contribution >= 4 is 11.3 Å². The predicted molar refractivity (Wildman–Crippen MR) is 103 cm³/mol. The van der Waals surface area contributed by atoms with Crippen LogP contribution in [0.15, 0.2) is 64.5 Å². The van der Waals surface area contributed by atoms with E-state index in [0.717, 1.165) is 27.3 Å². The van der Waals surface area contributed by atoms with Gasteiger partial charge in [0.25, 0.3) is 5.89 Å². The van der Waals surface area contributed by atoms with Crippen LogP contribution in [0.4, 0.5) is 0 Å². The highest BCUT2D eigenvalue weighted by Gasteiger charge is 2.12. The summed E-state index contributed by atoms with van der Waals surface area (Å²) in [4.78, 5) is 5.49. The molecule has 0 saturated heterocycles. The van der Waals surface area contributed by atoms with Gasteiger partial charge in [0.05, 0.1) is 4.88 Å². The molecule has 0 spiro atoms. The zero-order valence-corrected chi connectivity index (χ0v) is 15.4. The van der Waals surface area contributed by atoms with E-state index in [0.29, 0.717) is 18.3 Å². The molecule has 0 amide bonds. The first-order valence-electron chi connectivity index (χ1n) is 8.36. The Morgan fingerprint density at radius 1 is 1.04 bits per heavy atom. The van der Waals surface area contributed by atoms with E-state index in [-0.39, 0.29) is 0 Å². The molecule has 4 aromatic rings. The molecule has 0 atom stereocenters. The number of ether oxygens (including phenoxy) is 1. The molecular weight excluding hydrogens is 344 g/mol. The fraction of sp³-hybridized carbons (Fsp3) is 0.143. The van der Waals surface area contributed by atoms with Crippen molar-refractivity contribution < 1.29 is 9.26 Å². The van der Waals surface area contributed by atoms with Crippen LogP contribution in [0.2, 0.25) is 0 Å². The highest BCUT2D eigenvalue weighted by Crippen LogP contribution is 2.26. The van der Waals surface area contributed by atoms with Crippen LogP contribution in [-0.4, -0.2) is 10.1 Å². The van der Waals surface area contributed by atoms with Crippen LogP contribution in [-0.2, 0) is 6.61 Å². The summed E-state index contributed by atoms with van der Waals surface area (Å²) >= 11 is 1.59. The number of benzene rings is 2. The molecule has 0 aliphatic rings. The molecule has 2 aromatic heterocycles. The summed E-state index contributed by atoms with van der Waals surface area (Å²) in [5, 5.41) is 6.07. The van der Waals surface area contributed by atoms with Gasteiger partial charge in [-0.2, -0.15) is 4.98 Å². The van der Waals surface area contributed by atoms with Crippen molar-refractivity contribution in [3.05, 3.63) is 76.7 Å². The molecule has 0 N–H and O–H groups in total. The maximum Gasteiger partial charge on any atom is 0.258 e. The van der Waals surface area contributed by atoms with Gasteiger partial charge in [-0.25, -0.2) is 0 Å². The summed E-state index contributed by atoms with van der Waals surface area (Å²) in [5.74, 6) is 2.03. The van der Waals surface area contributed by atoms with Crippen molar-refractivity contribution in [1.29, 1.82) is 0 Å². The highest BCUT2D eigenvalue weighted by atomic mass is 32.1. The molecule has 26 heavy (non-hydrogen) atoms. The summed E-state index contributed by atoms with van der Waals surface area (Å²) < 4.78 is 11.4. The van der Waals surface area contributed by atoms with Crippen molar-refractivity contribution in [1.82, 2.24) is 10.1 Å². The van der Waals surface area contributed by atoms with Crippen LogP contribution in [0.25, 0.3) is 22.2 Å². The lowest BCUT2D eigenvalue weighted by Crippen LogP contribution is -1.97. The summed E-state index contributed by atoms with van der Waals surface area (Å²) in [7, 11) is 0. The third-order valence-corrected chi connectivity index (χ3v) is 4.93. The van der Waals surface area contributed by atoms with Gasteiger partial charge in [0, 0.05) is 5.56 Å². The van der Waals surface area contributed by atoms with E-state index in [4.69, 9.17) is 9.26 Å². The largest absolute Gasteiger partial charge is 0.489 e. The van der Waals surface area contributed by atoms with E-state index < -0.39 is 0 Å². The number of nitrogens with zero attached hydrogens (tertiary/aromatic N) is 2. The number of thiophene rings is 1. The maximum atomic E-state index is 5.97. The van der Waals surface area contributed by atoms with Crippen LogP contribution in [0, 0.1) is 13.8 Å². The van der Waals surface area contributed by atoms with Gasteiger partial charge >= 0.3 is 0 Å². The third-order valence-electron chi connectivity index (χ3n) is 4.07. The minimum Gasteiger partial charge on any atom is -0.489 e. The van der Waals surface area contributed by atoms with Crippen LogP contribution in [0.1, 0.15) is 16.7 Å². The van der Waals surface area contributed by atoms with E-state index in [2.05, 4.69) is 36.1 Å². The quantitative estimate of drug-likeness (QED) is 0.459. The van der Waals surface area contributed by atoms with E-state index in [1.807, 2.05) is 47.8 Å². The van der Waals surface area contributed by atoms with Crippen LogP contribution >= 0.6 is 11.3 Å². The molecule has 5 heteroatoms. The lowest BCUT2D eigenvalue weighted by Gasteiger charge is -2.10. The Labute approximate surface area is 156 Å². The molecule has 0 radical (unpaired) electrons. The molecule has 0 aliphatic carbocycles. The molecule has 0 fully saturated rings. The summed E-state index contributed by atoms with van der Waals surface area (Å²) in [5.41, 5.74) is 4.31. The molecule has 0 unspecified atom stereocenters. The fourth-order valence-corrected chi connectivity index (χ4v) is 3.41. The molecule has 0 saturated carbocycles. The lowest BCUT2D eigenvalue weighted by atomic mass is 10.1. The van der Waals surface area contributed by atoms with Gasteiger partial charge in [0.2, 0.25) is 5.82 Å². The first-order valence-corrected chi connectivity index (χ1v) is 9.24.